The average molecular weight is 512 g/mol. The minimum atomic E-state index is -0.668. The Morgan fingerprint density at radius 3 is 2.58 bits per heavy atom. The minimum Gasteiger partial charge on any atom is -0.507 e. The SMILES string of the molecule is C=C(C(C)=O)/C(O)=C(/[C@H](CCO)O[C@H]1CC2[C@H](O[C@@H]3[C@@H](OC)OCCN23)[C@H](C)O1)C(C)(C)[C@@H](C)CC. The first-order chi connectivity index (χ1) is 17.0. The highest BCUT2D eigenvalue weighted by Crippen LogP contribution is 2.44. The molecule has 3 rings (SSSR count). The molecule has 8 atom stereocenters. The number of hydrogen-bond acceptors (Lipinski definition) is 9. The largest absolute Gasteiger partial charge is 0.507 e. The Kier molecular flexibility index (Phi) is 9.76. The molecule has 36 heavy (non-hydrogen) atoms. The van der Waals surface area contributed by atoms with Crippen molar-refractivity contribution in [2.75, 3.05) is 26.9 Å². The van der Waals surface area contributed by atoms with Gasteiger partial charge in [0, 0.05) is 44.7 Å². The van der Waals surface area contributed by atoms with Gasteiger partial charge in [-0.1, -0.05) is 40.7 Å². The second kappa shape index (κ2) is 12.0. The van der Waals surface area contributed by atoms with Crippen LogP contribution in [0.4, 0.5) is 0 Å². The van der Waals surface area contributed by atoms with Crippen molar-refractivity contribution in [1.82, 2.24) is 4.90 Å². The molecule has 206 valence electrons. The number of carbonyl (C=O) groups is 1. The van der Waals surface area contributed by atoms with Gasteiger partial charge in [0.2, 0.25) is 0 Å². The number of fused-ring (bicyclic) bond motifs is 3. The van der Waals surface area contributed by atoms with Gasteiger partial charge in [0.25, 0.3) is 0 Å². The van der Waals surface area contributed by atoms with Gasteiger partial charge in [0.15, 0.2) is 24.6 Å². The molecule has 3 aliphatic heterocycles. The van der Waals surface area contributed by atoms with E-state index in [0.29, 0.717) is 18.6 Å². The molecule has 0 aromatic rings. The molecule has 2 N–H and O–H groups in total. The molecule has 3 aliphatic rings. The highest BCUT2D eigenvalue weighted by molar-refractivity contribution is 5.96. The van der Waals surface area contributed by atoms with Crippen molar-refractivity contribution in [3.8, 4) is 0 Å². The fraction of sp³-hybridized carbons (Fsp3) is 0.815. The van der Waals surface area contributed by atoms with Crippen LogP contribution in [0, 0.1) is 11.3 Å². The van der Waals surface area contributed by atoms with Crippen LogP contribution >= 0.6 is 0 Å². The van der Waals surface area contributed by atoms with Crippen LogP contribution in [0.25, 0.3) is 0 Å². The van der Waals surface area contributed by atoms with Crippen LogP contribution in [-0.4, -0.2) is 90.9 Å². The Labute approximate surface area is 215 Å². The Balaban J connectivity index is 1.91. The summed E-state index contributed by atoms with van der Waals surface area (Å²) in [7, 11) is 1.61. The number of rotatable bonds is 11. The zero-order valence-electron chi connectivity index (χ0n) is 22.9. The van der Waals surface area contributed by atoms with E-state index < -0.39 is 24.1 Å². The fourth-order valence-electron chi connectivity index (χ4n) is 5.67. The van der Waals surface area contributed by atoms with E-state index >= 15 is 0 Å². The number of methoxy groups -OCH3 is 1. The van der Waals surface area contributed by atoms with Crippen LogP contribution in [0.5, 0.6) is 0 Å². The molecule has 0 saturated carbocycles. The van der Waals surface area contributed by atoms with Gasteiger partial charge < -0.3 is 33.9 Å². The molecule has 3 heterocycles. The Morgan fingerprint density at radius 2 is 2.00 bits per heavy atom. The fourth-order valence-corrected chi connectivity index (χ4v) is 5.67. The molecular weight excluding hydrogens is 466 g/mol. The summed E-state index contributed by atoms with van der Waals surface area (Å²) < 4.78 is 30.3. The van der Waals surface area contributed by atoms with Gasteiger partial charge in [-0.25, -0.2) is 0 Å². The molecule has 3 fully saturated rings. The first-order valence-corrected chi connectivity index (χ1v) is 13.1. The summed E-state index contributed by atoms with van der Waals surface area (Å²) >= 11 is 0. The van der Waals surface area contributed by atoms with Crippen molar-refractivity contribution in [3.63, 3.8) is 0 Å². The first-order valence-electron chi connectivity index (χ1n) is 13.1. The van der Waals surface area contributed by atoms with E-state index in [1.54, 1.807) is 7.11 Å². The van der Waals surface area contributed by atoms with E-state index in [1.807, 2.05) is 20.8 Å². The molecule has 0 bridgehead atoms. The summed E-state index contributed by atoms with van der Waals surface area (Å²) in [6, 6.07) is 0.0517. The van der Waals surface area contributed by atoms with E-state index in [4.69, 9.17) is 23.7 Å². The van der Waals surface area contributed by atoms with Gasteiger partial charge in [-0.15, -0.1) is 0 Å². The Bertz CT molecular complexity index is 827. The van der Waals surface area contributed by atoms with E-state index in [0.717, 1.165) is 13.0 Å². The number of allylic oxidation sites excluding steroid dienone is 1. The Morgan fingerprint density at radius 1 is 1.31 bits per heavy atom. The van der Waals surface area contributed by atoms with E-state index in [9.17, 15) is 15.0 Å². The summed E-state index contributed by atoms with van der Waals surface area (Å²) in [4.78, 5) is 14.4. The van der Waals surface area contributed by atoms with E-state index in [-0.39, 0.29) is 60.5 Å². The van der Waals surface area contributed by atoms with Crippen LogP contribution in [0.3, 0.4) is 0 Å². The number of hydrogen-bond donors (Lipinski definition) is 2. The summed E-state index contributed by atoms with van der Waals surface area (Å²) in [6.07, 6.45) is -0.768. The normalized spacial score (nSPS) is 33.3. The molecule has 9 heteroatoms. The summed E-state index contributed by atoms with van der Waals surface area (Å²) in [5.74, 6) is -0.307. The third-order valence-electron chi connectivity index (χ3n) is 8.32. The van der Waals surface area contributed by atoms with Gasteiger partial charge in [0.1, 0.15) is 11.9 Å². The molecule has 0 aromatic carbocycles. The highest BCUT2D eigenvalue weighted by Gasteiger charge is 2.54. The monoisotopic (exact) mass is 511 g/mol. The molecule has 0 aromatic heterocycles. The lowest BCUT2D eigenvalue weighted by molar-refractivity contribution is -0.252. The number of aliphatic hydroxyl groups excluding tert-OH is 2. The van der Waals surface area contributed by atoms with Crippen molar-refractivity contribution in [2.45, 2.75) is 104 Å². The molecule has 1 unspecified atom stereocenters. The third-order valence-corrected chi connectivity index (χ3v) is 8.32. The lowest BCUT2D eigenvalue weighted by Crippen LogP contribution is -2.55. The number of ketones is 1. The lowest BCUT2D eigenvalue weighted by Gasteiger charge is -2.43. The van der Waals surface area contributed by atoms with Gasteiger partial charge in [0.05, 0.1) is 24.4 Å². The highest BCUT2D eigenvalue weighted by atomic mass is 16.7. The topological polar surface area (TPSA) is 107 Å². The van der Waals surface area contributed by atoms with Crippen LogP contribution in [0.2, 0.25) is 0 Å². The minimum absolute atomic E-state index is 0.0388. The Hall–Kier alpha value is -1.33. The summed E-state index contributed by atoms with van der Waals surface area (Å²) in [6.45, 7) is 16.5. The van der Waals surface area contributed by atoms with Gasteiger partial charge in [-0.05, 0) is 25.2 Å². The van der Waals surface area contributed by atoms with E-state index in [2.05, 4.69) is 25.3 Å². The van der Waals surface area contributed by atoms with Crippen LogP contribution < -0.4 is 0 Å². The van der Waals surface area contributed by atoms with Crippen molar-refractivity contribution in [3.05, 3.63) is 23.5 Å². The quantitative estimate of drug-likeness (QED) is 0.245. The second-order valence-electron chi connectivity index (χ2n) is 10.7. The molecule has 0 amide bonds. The summed E-state index contributed by atoms with van der Waals surface area (Å²) in [5.41, 5.74) is 0.0739. The van der Waals surface area contributed by atoms with Crippen LogP contribution in [0.15, 0.2) is 23.5 Å². The smallest absolute Gasteiger partial charge is 0.197 e. The van der Waals surface area contributed by atoms with Crippen molar-refractivity contribution < 1.29 is 38.7 Å². The predicted molar refractivity (Wildman–Crippen MR) is 134 cm³/mol. The number of Topliss-reactive ketones (excluding diaryl/α,β-unsaturated/α-hetero) is 1. The number of ether oxygens (including phenoxy) is 5. The number of morpholine rings is 1. The first kappa shape index (κ1) is 29.2. The third kappa shape index (κ3) is 5.72. The number of carbonyl (C=O) groups excluding carboxylic acids is 1. The molecular formula is C27H45NO8. The predicted octanol–water partition coefficient (Wildman–Crippen LogP) is 3.32. The van der Waals surface area contributed by atoms with E-state index in [1.165, 1.54) is 6.92 Å². The van der Waals surface area contributed by atoms with Crippen molar-refractivity contribution in [2.24, 2.45) is 11.3 Å². The molecule has 0 aliphatic carbocycles. The second-order valence-corrected chi connectivity index (χ2v) is 10.7. The zero-order chi connectivity index (χ0) is 26.8. The maximum Gasteiger partial charge on any atom is 0.197 e. The van der Waals surface area contributed by atoms with Gasteiger partial charge in [-0.3, -0.25) is 9.69 Å². The maximum absolute atomic E-state index is 12.1. The maximum atomic E-state index is 12.1. The molecule has 9 nitrogen and oxygen atoms in total. The number of nitrogens with zero attached hydrogens (tertiary/aromatic N) is 1. The summed E-state index contributed by atoms with van der Waals surface area (Å²) in [5, 5.41) is 21.2. The van der Waals surface area contributed by atoms with Crippen molar-refractivity contribution in [1.29, 1.82) is 0 Å². The van der Waals surface area contributed by atoms with Crippen LogP contribution in [-0.2, 0) is 28.5 Å². The molecule has 0 spiro atoms. The number of aliphatic hydroxyl groups is 2. The molecule has 0 radical (unpaired) electrons. The van der Waals surface area contributed by atoms with Gasteiger partial charge >= 0.3 is 0 Å². The lowest BCUT2D eigenvalue weighted by atomic mass is 9.69. The van der Waals surface area contributed by atoms with Crippen molar-refractivity contribution >= 4 is 5.78 Å². The van der Waals surface area contributed by atoms with Crippen LogP contribution in [0.1, 0.15) is 60.8 Å². The average Bonchev–Trinajstić information content (AvgIpc) is 3.22. The standard InChI is InChI=1S/C27H45NO8/c1-9-15(2)27(6,7)22(23(31)16(3)17(4)30)20(10-12-29)35-21-14-19-24(18(5)34-21)36-25-26(32-8)33-13-11-28(19)25/h15,18-21,24-26,29,31H,3,9-14H2,1-2,4-8H3/b23-22+/t15-,18-,19?,20-,21-,24+,25+,26-/m0/s1. The zero-order valence-corrected chi connectivity index (χ0v) is 22.9. The molecule has 3 saturated heterocycles. The van der Waals surface area contributed by atoms with Gasteiger partial charge in [-0.2, -0.15) is 0 Å².